The molecule has 0 saturated carbocycles. The van der Waals surface area contributed by atoms with Crippen molar-refractivity contribution in [1.82, 2.24) is 0 Å². The molecule has 1 atom stereocenters. The Labute approximate surface area is 115 Å². The summed E-state index contributed by atoms with van der Waals surface area (Å²) in [5.74, 6) is 7.47. The van der Waals surface area contributed by atoms with Gasteiger partial charge in [0.25, 0.3) is 0 Å². The molecule has 1 aromatic rings. The molecule has 19 heavy (non-hydrogen) atoms. The number of fused-ring (bicyclic) bond motifs is 1. The SMILES string of the molecule is CC#CCCOc1ccc2c(c1)OC(C)(C)CC2N. The summed E-state index contributed by atoms with van der Waals surface area (Å²) in [6.07, 6.45) is 1.56. The molecule has 0 fully saturated rings. The molecule has 0 saturated heterocycles. The summed E-state index contributed by atoms with van der Waals surface area (Å²) in [6.45, 7) is 6.53. The topological polar surface area (TPSA) is 44.5 Å². The normalized spacial score (nSPS) is 19.7. The van der Waals surface area contributed by atoms with Crippen LogP contribution in [0.2, 0.25) is 0 Å². The fraction of sp³-hybridized carbons (Fsp3) is 0.500. The minimum absolute atomic E-state index is 0.0266. The summed E-state index contributed by atoms with van der Waals surface area (Å²) >= 11 is 0. The highest BCUT2D eigenvalue weighted by Crippen LogP contribution is 2.39. The van der Waals surface area contributed by atoms with E-state index in [9.17, 15) is 0 Å². The predicted octanol–water partition coefficient (Wildman–Crippen LogP) is 3.04. The minimum Gasteiger partial charge on any atom is -0.492 e. The Hall–Kier alpha value is -1.66. The summed E-state index contributed by atoms with van der Waals surface area (Å²) in [7, 11) is 0. The lowest BCUT2D eigenvalue weighted by Gasteiger charge is -2.36. The number of rotatable bonds is 3. The van der Waals surface area contributed by atoms with E-state index >= 15 is 0 Å². The lowest BCUT2D eigenvalue weighted by Crippen LogP contribution is -2.37. The summed E-state index contributed by atoms with van der Waals surface area (Å²) in [5.41, 5.74) is 7.00. The first kappa shape index (κ1) is 13.8. The first-order chi connectivity index (χ1) is 9.02. The highest BCUT2D eigenvalue weighted by Gasteiger charge is 2.31. The van der Waals surface area contributed by atoms with Gasteiger partial charge in [-0.3, -0.25) is 0 Å². The third kappa shape index (κ3) is 3.42. The number of nitrogens with two attached hydrogens (primary N) is 1. The highest BCUT2D eigenvalue weighted by atomic mass is 16.5. The summed E-state index contributed by atoms with van der Waals surface area (Å²) in [5, 5.41) is 0. The Kier molecular flexibility index (Phi) is 4.01. The van der Waals surface area contributed by atoms with Gasteiger partial charge in [0.1, 0.15) is 17.1 Å². The molecule has 0 radical (unpaired) electrons. The van der Waals surface area contributed by atoms with Crippen LogP contribution in [0.4, 0.5) is 0 Å². The number of hydrogen-bond donors (Lipinski definition) is 1. The molecule has 0 spiro atoms. The van der Waals surface area contributed by atoms with Crippen LogP contribution in [-0.4, -0.2) is 12.2 Å². The quantitative estimate of drug-likeness (QED) is 0.670. The van der Waals surface area contributed by atoms with E-state index in [0.29, 0.717) is 6.61 Å². The van der Waals surface area contributed by atoms with Crippen LogP contribution in [0.15, 0.2) is 18.2 Å². The van der Waals surface area contributed by atoms with Gasteiger partial charge in [-0.15, -0.1) is 11.8 Å². The van der Waals surface area contributed by atoms with Crippen LogP contribution in [0, 0.1) is 11.8 Å². The van der Waals surface area contributed by atoms with Crippen molar-refractivity contribution >= 4 is 0 Å². The molecule has 0 aromatic heterocycles. The maximum absolute atomic E-state index is 6.17. The first-order valence-electron chi connectivity index (χ1n) is 6.63. The average molecular weight is 259 g/mol. The van der Waals surface area contributed by atoms with Gasteiger partial charge in [0.05, 0.1) is 6.61 Å². The van der Waals surface area contributed by atoms with Crippen molar-refractivity contribution < 1.29 is 9.47 Å². The zero-order valence-electron chi connectivity index (χ0n) is 11.8. The fourth-order valence-corrected chi connectivity index (χ4v) is 2.32. The monoisotopic (exact) mass is 259 g/mol. The van der Waals surface area contributed by atoms with E-state index in [1.54, 1.807) is 0 Å². The van der Waals surface area contributed by atoms with Crippen molar-refractivity contribution in [2.24, 2.45) is 5.73 Å². The second kappa shape index (κ2) is 5.54. The van der Waals surface area contributed by atoms with Crippen LogP contribution in [0.5, 0.6) is 11.5 Å². The van der Waals surface area contributed by atoms with E-state index in [0.717, 1.165) is 29.9 Å². The number of ether oxygens (including phenoxy) is 2. The van der Waals surface area contributed by atoms with Crippen LogP contribution >= 0.6 is 0 Å². The molecule has 2 N–H and O–H groups in total. The molecular weight excluding hydrogens is 238 g/mol. The van der Waals surface area contributed by atoms with Gasteiger partial charge < -0.3 is 15.2 Å². The largest absolute Gasteiger partial charge is 0.492 e. The lowest BCUT2D eigenvalue weighted by molar-refractivity contribution is 0.0724. The van der Waals surface area contributed by atoms with E-state index in [2.05, 4.69) is 25.7 Å². The van der Waals surface area contributed by atoms with Crippen molar-refractivity contribution in [3.05, 3.63) is 23.8 Å². The molecule has 102 valence electrons. The fourth-order valence-electron chi connectivity index (χ4n) is 2.32. The van der Waals surface area contributed by atoms with E-state index in [4.69, 9.17) is 15.2 Å². The van der Waals surface area contributed by atoms with Gasteiger partial charge in [-0.1, -0.05) is 6.07 Å². The average Bonchev–Trinajstić information content (AvgIpc) is 2.32. The van der Waals surface area contributed by atoms with Gasteiger partial charge in [0.15, 0.2) is 0 Å². The minimum atomic E-state index is -0.223. The van der Waals surface area contributed by atoms with E-state index in [-0.39, 0.29) is 11.6 Å². The molecule has 0 bridgehead atoms. The van der Waals surface area contributed by atoms with Gasteiger partial charge >= 0.3 is 0 Å². The van der Waals surface area contributed by atoms with Crippen molar-refractivity contribution in [2.45, 2.75) is 45.3 Å². The number of benzene rings is 1. The van der Waals surface area contributed by atoms with Gasteiger partial charge in [-0.05, 0) is 26.8 Å². The highest BCUT2D eigenvalue weighted by molar-refractivity contribution is 5.44. The molecule has 0 aliphatic carbocycles. The third-order valence-corrected chi connectivity index (χ3v) is 3.15. The van der Waals surface area contributed by atoms with Crippen molar-refractivity contribution in [3.63, 3.8) is 0 Å². The van der Waals surface area contributed by atoms with Crippen molar-refractivity contribution in [2.75, 3.05) is 6.61 Å². The second-order valence-corrected chi connectivity index (χ2v) is 5.40. The van der Waals surface area contributed by atoms with Crippen LogP contribution in [0.3, 0.4) is 0 Å². The first-order valence-corrected chi connectivity index (χ1v) is 6.63. The Morgan fingerprint density at radius 2 is 2.26 bits per heavy atom. The summed E-state index contributed by atoms with van der Waals surface area (Å²) in [6, 6.07) is 5.89. The molecule has 1 aromatic carbocycles. The molecule has 1 aliphatic heterocycles. The smallest absolute Gasteiger partial charge is 0.128 e. The van der Waals surface area contributed by atoms with Crippen LogP contribution in [0.1, 0.15) is 45.2 Å². The molecule has 1 heterocycles. The van der Waals surface area contributed by atoms with Crippen molar-refractivity contribution in [3.8, 4) is 23.3 Å². The summed E-state index contributed by atoms with van der Waals surface area (Å²) in [4.78, 5) is 0. The zero-order valence-corrected chi connectivity index (χ0v) is 11.8. The Morgan fingerprint density at radius 1 is 1.47 bits per heavy atom. The Bertz CT molecular complexity index is 511. The molecule has 2 rings (SSSR count). The van der Waals surface area contributed by atoms with Gasteiger partial charge in [0, 0.05) is 30.5 Å². The Balaban J connectivity index is 2.11. The molecule has 3 heteroatoms. The third-order valence-electron chi connectivity index (χ3n) is 3.15. The maximum atomic E-state index is 6.17. The predicted molar refractivity (Wildman–Crippen MR) is 76.3 cm³/mol. The van der Waals surface area contributed by atoms with Gasteiger partial charge in [-0.2, -0.15) is 0 Å². The Morgan fingerprint density at radius 3 is 3.00 bits per heavy atom. The number of hydrogen-bond acceptors (Lipinski definition) is 3. The molecule has 1 unspecified atom stereocenters. The molecule has 3 nitrogen and oxygen atoms in total. The summed E-state index contributed by atoms with van der Waals surface area (Å²) < 4.78 is 11.6. The maximum Gasteiger partial charge on any atom is 0.128 e. The molecule has 1 aliphatic rings. The molecular formula is C16H21NO2. The van der Waals surface area contributed by atoms with E-state index < -0.39 is 0 Å². The van der Waals surface area contributed by atoms with Crippen LogP contribution in [0.25, 0.3) is 0 Å². The molecule has 0 amide bonds. The lowest BCUT2D eigenvalue weighted by atomic mass is 9.90. The van der Waals surface area contributed by atoms with Crippen LogP contribution in [-0.2, 0) is 0 Å². The standard InChI is InChI=1S/C16H21NO2/c1-4-5-6-9-18-12-7-8-13-14(17)11-16(2,3)19-15(13)10-12/h7-8,10,14H,6,9,11,17H2,1-3H3. The van der Waals surface area contributed by atoms with Crippen molar-refractivity contribution in [1.29, 1.82) is 0 Å². The second-order valence-electron chi connectivity index (χ2n) is 5.40. The van der Waals surface area contributed by atoms with Gasteiger partial charge in [-0.25, -0.2) is 0 Å². The van der Waals surface area contributed by atoms with Crippen LogP contribution < -0.4 is 15.2 Å². The zero-order chi connectivity index (χ0) is 13.9. The van der Waals surface area contributed by atoms with E-state index in [1.807, 2.05) is 25.1 Å². The van der Waals surface area contributed by atoms with Gasteiger partial charge in [0.2, 0.25) is 0 Å². The van der Waals surface area contributed by atoms with E-state index in [1.165, 1.54) is 0 Å².